The van der Waals surface area contributed by atoms with Gasteiger partial charge in [0.25, 0.3) is 0 Å². The lowest BCUT2D eigenvalue weighted by molar-refractivity contribution is -0.113. The summed E-state index contributed by atoms with van der Waals surface area (Å²) in [5.74, 6) is 2.50. The van der Waals surface area contributed by atoms with E-state index in [0.29, 0.717) is 18.0 Å². The normalized spacial score (nSPS) is 15.6. The van der Waals surface area contributed by atoms with Gasteiger partial charge in [0.15, 0.2) is 11.0 Å². The van der Waals surface area contributed by atoms with Gasteiger partial charge >= 0.3 is 0 Å². The van der Waals surface area contributed by atoms with Crippen LogP contribution in [-0.4, -0.2) is 33.0 Å². The summed E-state index contributed by atoms with van der Waals surface area (Å²) in [5.41, 5.74) is 3.33. The molecule has 1 amide bonds. The number of aromatic nitrogens is 3. The number of fused-ring (bicyclic) bond motifs is 1. The van der Waals surface area contributed by atoms with Crippen LogP contribution in [0.15, 0.2) is 34.8 Å². The Labute approximate surface area is 197 Å². The smallest absolute Gasteiger partial charge is 0.234 e. The maximum atomic E-state index is 12.6. The molecule has 0 radical (unpaired) electrons. The molecular formula is C24H30N4O2S2. The SMILES string of the molecule is CCOc1ccccc1NC(=O)CSc1nnc(-c2csc3c2CCC(C)C3)n1C(C)C. The van der Waals surface area contributed by atoms with Gasteiger partial charge in [0.2, 0.25) is 5.91 Å². The second kappa shape index (κ2) is 10.1. The lowest BCUT2D eigenvalue weighted by Crippen LogP contribution is -2.16. The number of benzene rings is 1. The molecule has 170 valence electrons. The maximum Gasteiger partial charge on any atom is 0.234 e. The van der Waals surface area contributed by atoms with E-state index in [0.717, 1.165) is 29.7 Å². The number of carbonyl (C=O) groups excluding carboxylic acids is 1. The highest BCUT2D eigenvalue weighted by atomic mass is 32.2. The molecule has 0 saturated carbocycles. The Hall–Kier alpha value is -2.32. The van der Waals surface area contributed by atoms with Crippen molar-refractivity contribution in [3.8, 4) is 17.1 Å². The summed E-state index contributed by atoms with van der Waals surface area (Å²) in [6.07, 6.45) is 3.47. The van der Waals surface area contributed by atoms with Crippen molar-refractivity contribution < 1.29 is 9.53 Å². The molecule has 2 heterocycles. The Bertz CT molecular complexity index is 1090. The summed E-state index contributed by atoms with van der Waals surface area (Å²) < 4.78 is 7.76. The zero-order valence-electron chi connectivity index (χ0n) is 19.1. The first-order chi connectivity index (χ1) is 15.5. The first-order valence-electron chi connectivity index (χ1n) is 11.2. The van der Waals surface area contributed by atoms with E-state index >= 15 is 0 Å². The molecule has 4 rings (SSSR count). The highest BCUT2D eigenvalue weighted by Gasteiger charge is 2.25. The van der Waals surface area contributed by atoms with Gasteiger partial charge in [-0.2, -0.15) is 0 Å². The molecule has 1 N–H and O–H groups in total. The van der Waals surface area contributed by atoms with Crippen molar-refractivity contribution in [2.24, 2.45) is 5.92 Å². The van der Waals surface area contributed by atoms with Crippen LogP contribution in [0.5, 0.6) is 5.75 Å². The average molecular weight is 471 g/mol. The number of hydrogen-bond acceptors (Lipinski definition) is 6. The third-order valence-electron chi connectivity index (χ3n) is 5.62. The van der Waals surface area contributed by atoms with E-state index in [4.69, 9.17) is 4.74 Å². The predicted octanol–water partition coefficient (Wildman–Crippen LogP) is 5.84. The zero-order valence-corrected chi connectivity index (χ0v) is 20.7. The number of anilines is 1. The summed E-state index contributed by atoms with van der Waals surface area (Å²) >= 11 is 3.26. The summed E-state index contributed by atoms with van der Waals surface area (Å²) in [6, 6.07) is 7.68. The summed E-state index contributed by atoms with van der Waals surface area (Å²) in [6.45, 7) is 9.07. The average Bonchev–Trinajstić information content (AvgIpc) is 3.37. The fourth-order valence-electron chi connectivity index (χ4n) is 4.06. The number of ether oxygens (including phenoxy) is 1. The summed E-state index contributed by atoms with van der Waals surface area (Å²) in [5, 5.41) is 15.0. The van der Waals surface area contributed by atoms with Crippen molar-refractivity contribution >= 4 is 34.7 Å². The molecule has 1 unspecified atom stereocenters. The minimum atomic E-state index is -0.0936. The fourth-order valence-corrected chi connectivity index (χ4v) is 6.17. The van der Waals surface area contributed by atoms with Crippen LogP contribution in [0, 0.1) is 5.92 Å². The van der Waals surface area contributed by atoms with Gasteiger partial charge in [-0.15, -0.1) is 21.5 Å². The third kappa shape index (κ3) is 4.86. The van der Waals surface area contributed by atoms with Gasteiger partial charge in [0, 0.05) is 21.9 Å². The number of hydrogen-bond donors (Lipinski definition) is 1. The van der Waals surface area contributed by atoms with Crippen molar-refractivity contribution in [2.45, 2.75) is 58.2 Å². The van der Waals surface area contributed by atoms with Gasteiger partial charge in [-0.25, -0.2) is 0 Å². The van der Waals surface area contributed by atoms with Crippen LogP contribution in [0.4, 0.5) is 5.69 Å². The zero-order chi connectivity index (χ0) is 22.7. The quantitative estimate of drug-likeness (QED) is 0.419. The van der Waals surface area contributed by atoms with Gasteiger partial charge in [-0.1, -0.05) is 30.8 Å². The van der Waals surface area contributed by atoms with Crippen molar-refractivity contribution in [3.63, 3.8) is 0 Å². The lowest BCUT2D eigenvalue weighted by atomic mass is 9.88. The molecule has 1 aliphatic rings. The van der Waals surface area contributed by atoms with Crippen LogP contribution in [0.1, 0.15) is 50.6 Å². The first-order valence-corrected chi connectivity index (χ1v) is 13.0. The minimum absolute atomic E-state index is 0.0936. The third-order valence-corrected chi connectivity index (χ3v) is 7.61. The predicted molar refractivity (Wildman–Crippen MR) is 132 cm³/mol. The number of para-hydroxylation sites is 2. The summed E-state index contributed by atoms with van der Waals surface area (Å²) in [4.78, 5) is 14.1. The van der Waals surface area contributed by atoms with Crippen molar-refractivity contribution in [2.75, 3.05) is 17.7 Å². The number of amides is 1. The molecule has 1 aliphatic carbocycles. The topological polar surface area (TPSA) is 69.0 Å². The molecule has 0 saturated heterocycles. The van der Waals surface area contributed by atoms with Gasteiger partial charge < -0.3 is 10.1 Å². The number of nitrogens with one attached hydrogen (secondary N) is 1. The van der Waals surface area contributed by atoms with Crippen LogP contribution in [0.2, 0.25) is 0 Å². The van der Waals surface area contributed by atoms with E-state index in [9.17, 15) is 4.79 Å². The molecule has 0 spiro atoms. The Kier molecular flexibility index (Phi) is 7.20. The number of thiophene rings is 1. The van der Waals surface area contributed by atoms with Crippen molar-refractivity contribution in [1.82, 2.24) is 14.8 Å². The van der Waals surface area contributed by atoms with Gasteiger partial charge in [0.05, 0.1) is 18.0 Å². The molecule has 2 aromatic heterocycles. The number of rotatable bonds is 8. The van der Waals surface area contributed by atoms with E-state index < -0.39 is 0 Å². The number of thioether (sulfide) groups is 1. The van der Waals surface area contributed by atoms with Crippen molar-refractivity contribution in [3.05, 3.63) is 40.1 Å². The van der Waals surface area contributed by atoms with Gasteiger partial charge in [-0.05, 0) is 63.6 Å². The molecule has 6 nitrogen and oxygen atoms in total. The van der Waals surface area contributed by atoms with E-state index in [-0.39, 0.29) is 17.7 Å². The van der Waals surface area contributed by atoms with Crippen LogP contribution in [0.3, 0.4) is 0 Å². The maximum absolute atomic E-state index is 12.6. The second-order valence-corrected chi connectivity index (χ2v) is 10.3. The molecule has 1 atom stereocenters. The van der Waals surface area contributed by atoms with E-state index in [2.05, 4.69) is 46.2 Å². The van der Waals surface area contributed by atoms with Gasteiger partial charge in [0.1, 0.15) is 5.75 Å². The fraction of sp³-hybridized carbons (Fsp3) is 0.458. The summed E-state index contributed by atoms with van der Waals surface area (Å²) in [7, 11) is 0. The Morgan fingerprint density at radius 2 is 2.16 bits per heavy atom. The Morgan fingerprint density at radius 3 is 2.94 bits per heavy atom. The van der Waals surface area contributed by atoms with E-state index in [1.807, 2.05) is 42.5 Å². The molecule has 3 aromatic rings. The Balaban J connectivity index is 1.50. The lowest BCUT2D eigenvalue weighted by Gasteiger charge is -2.19. The molecule has 32 heavy (non-hydrogen) atoms. The minimum Gasteiger partial charge on any atom is -0.492 e. The van der Waals surface area contributed by atoms with E-state index in [1.54, 1.807) is 0 Å². The van der Waals surface area contributed by atoms with Gasteiger partial charge in [-0.3, -0.25) is 9.36 Å². The Morgan fingerprint density at radius 1 is 1.34 bits per heavy atom. The molecule has 8 heteroatoms. The first kappa shape index (κ1) is 22.9. The molecule has 0 aliphatic heterocycles. The highest BCUT2D eigenvalue weighted by molar-refractivity contribution is 7.99. The van der Waals surface area contributed by atoms with Crippen LogP contribution in [-0.2, 0) is 17.6 Å². The van der Waals surface area contributed by atoms with Crippen LogP contribution < -0.4 is 10.1 Å². The molecule has 1 aromatic carbocycles. The molecule has 0 fully saturated rings. The molecular weight excluding hydrogens is 440 g/mol. The van der Waals surface area contributed by atoms with Crippen LogP contribution >= 0.6 is 23.1 Å². The second-order valence-electron chi connectivity index (χ2n) is 8.44. The van der Waals surface area contributed by atoms with E-state index in [1.165, 1.54) is 34.2 Å². The molecule has 0 bridgehead atoms. The largest absolute Gasteiger partial charge is 0.492 e. The number of nitrogens with zero attached hydrogens (tertiary/aromatic N) is 3. The monoisotopic (exact) mass is 470 g/mol. The van der Waals surface area contributed by atoms with Crippen LogP contribution in [0.25, 0.3) is 11.4 Å². The highest BCUT2D eigenvalue weighted by Crippen LogP contribution is 2.39. The number of carbonyl (C=O) groups is 1. The standard InChI is InChI=1S/C24H30N4O2S2/c1-5-30-20-9-7-6-8-19(20)25-22(29)14-32-24-27-26-23(28(24)15(2)3)18-13-31-21-12-16(4)10-11-17(18)21/h6-9,13,15-16H,5,10-12,14H2,1-4H3,(H,25,29). The van der Waals surface area contributed by atoms with Crippen molar-refractivity contribution in [1.29, 1.82) is 0 Å².